The van der Waals surface area contributed by atoms with Gasteiger partial charge in [-0.3, -0.25) is 9.59 Å². The molecule has 0 fully saturated rings. The van der Waals surface area contributed by atoms with Gasteiger partial charge in [0.05, 0.1) is 0 Å². The highest BCUT2D eigenvalue weighted by atomic mass is 16.3. The predicted octanol–water partition coefficient (Wildman–Crippen LogP) is -0.0650. The van der Waals surface area contributed by atoms with E-state index in [9.17, 15) is 14.5 Å². The Kier molecular flexibility index (Phi) is 4.02. The number of nitrogens with two attached hydrogens (primary N) is 1. The molecule has 0 rings (SSSR count). The van der Waals surface area contributed by atoms with Crippen molar-refractivity contribution in [1.82, 2.24) is 0 Å². The summed E-state index contributed by atoms with van der Waals surface area (Å²) in [6.45, 7) is 0. The van der Waals surface area contributed by atoms with Crippen molar-refractivity contribution in [3.63, 3.8) is 0 Å². The first-order chi connectivity index (χ1) is 4.66. The molecule has 5 nitrogen and oxygen atoms in total. The number of carbonyl (C=O) groups is 2. The van der Waals surface area contributed by atoms with E-state index in [1.807, 2.05) is 0 Å². The third-order valence-electron chi connectivity index (χ3n) is 0.916. The fourth-order valence-corrected chi connectivity index (χ4v) is 0.459. The minimum Gasteiger partial charge on any atom is -0.370 e. The van der Waals surface area contributed by atoms with E-state index in [0.717, 1.165) is 0 Å². The maximum absolute atomic E-state index is 10.2. The van der Waals surface area contributed by atoms with Crippen LogP contribution in [0.25, 0.3) is 0 Å². The second-order valence-electron chi connectivity index (χ2n) is 1.80. The number of amides is 2. The number of carbonyl (C=O) groups excluding carboxylic acids is 2. The van der Waals surface area contributed by atoms with Crippen LogP contribution in [0, 0.1) is 4.91 Å². The molecule has 0 aliphatic carbocycles. The first-order valence-corrected chi connectivity index (χ1v) is 2.81. The lowest BCUT2D eigenvalue weighted by Crippen LogP contribution is -2.10. The molecule has 0 bridgehead atoms. The van der Waals surface area contributed by atoms with Crippen molar-refractivity contribution in [2.75, 3.05) is 0 Å². The van der Waals surface area contributed by atoms with Crippen molar-refractivity contribution in [2.24, 2.45) is 10.9 Å². The summed E-state index contributed by atoms with van der Waals surface area (Å²) in [5.41, 5.74) is 4.76. The Hall–Kier alpha value is -1.26. The molecule has 0 aromatic carbocycles. The summed E-state index contributed by atoms with van der Waals surface area (Å²) in [6.07, 6.45) is 0.438. The molecule has 0 aliphatic heterocycles. The van der Waals surface area contributed by atoms with Crippen molar-refractivity contribution < 1.29 is 9.59 Å². The van der Waals surface area contributed by atoms with Gasteiger partial charge < -0.3 is 5.73 Å². The number of hydrogen-bond acceptors (Lipinski definition) is 3. The smallest absolute Gasteiger partial charge is 0.286 e. The van der Waals surface area contributed by atoms with Gasteiger partial charge in [0.15, 0.2) is 0 Å². The molecule has 0 spiro atoms. The lowest BCUT2D eigenvalue weighted by molar-refractivity contribution is -0.119. The Morgan fingerprint density at radius 2 is 1.90 bits per heavy atom. The molecular weight excluding hydrogens is 136 g/mol. The summed E-state index contributed by atoms with van der Waals surface area (Å²) in [4.78, 5) is 29.7. The molecule has 5 heteroatoms. The lowest BCUT2D eigenvalue weighted by Gasteiger charge is -1.89. The van der Waals surface area contributed by atoms with Gasteiger partial charge in [0.2, 0.25) is 5.91 Å². The van der Waals surface area contributed by atoms with Crippen LogP contribution in [0.3, 0.4) is 0 Å². The Morgan fingerprint density at radius 1 is 1.30 bits per heavy atom. The van der Waals surface area contributed by atoms with Crippen molar-refractivity contribution in [2.45, 2.75) is 19.3 Å². The Morgan fingerprint density at radius 3 is 2.30 bits per heavy atom. The minimum atomic E-state index is -0.735. The molecule has 0 radical (unpaired) electrons. The van der Waals surface area contributed by atoms with E-state index in [2.05, 4.69) is 5.18 Å². The van der Waals surface area contributed by atoms with Crippen LogP contribution in [0.2, 0.25) is 0 Å². The van der Waals surface area contributed by atoms with Gasteiger partial charge >= 0.3 is 0 Å². The number of primary amides is 1. The van der Waals surface area contributed by atoms with Gasteiger partial charge in [-0.05, 0) is 6.42 Å². The van der Waals surface area contributed by atoms with Gasteiger partial charge in [0.25, 0.3) is 5.91 Å². The zero-order chi connectivity index (χ0) is 7.98. The molecule has 0 unspecified atom stereocenters. The minimum absolute atomic E-state index is 0.00639. The van der Waals surface area contributed by atoms with Gasteiger partial charge in [-0.2, -0.15) is 0 Å². The van der Waals surface area contributed by atoms with Crippen molar-refractivity contribution in [3.05, 3.63) is 4.91 Å². The van der Waals surface area contributed by atoms with E-state index < -0.39 is 11.8 Å². The topological polar surface area (TPSA) is 89.6 Å². The molecule has 0 aromatic heterocycles. The third-order valence-corrected chi connectivity index (χ3v) is 0.916. The third kappa shape index (κ3) is 4.89. The average Bonchev–Trinajstić information content (AvgIpc) is 1.87. The molecule has 0 saturated carbocycles. The van der Waals surface area contributed by atoms with Crippen LogP contribution in [0.4, 0.5) is 0 Å². The lowest BCUT2D eigenvalue weighted by atomic mass is 10.2. The summed E-state index contributed by atoms with van der Waals surface area (Å²) in [5, 5.41) is 2.14. The maximum atomic E-state index is 10.2. The summed E-state index contributed by atoms with van der Waals surface area (Å²) in [7, 11) is 0. The maximum Gasteiger partial charge on any atom is 0.286 e. The molecule has 0 aliphatic rings. The average molecular weight is 144 g/mol. The second-order valence-corrected chi connectivity index (χ2v) is 1.80. The van der Waals surface area contributed by atoms with Crippen molar-refractivity contribution in [1.29, 1.82) is 0 Å². The molecule has 56 valence electrons. The van der Waals surface area contributed by atoms with Crippen molar-refractivity contribution >= 4 is 11.8 Å². The number of rotatable bonds is 4. The fraction of sp³-hybridized carbons (Fsp3) is 0.600. The standard InChI is InChI=1S/C5H8N2O3/c6-4(8)2-1-3-5(9)7-10/h1-3H2,(H2,6,8). The number of nitrogens with zero attached hydrogens (tertiary/aromatic N) is 1. The first-order valence-electron chi connectivity index (χ1n) is 2.81. The van der Waals surface area contributed by atoms with Crippen LogP contribution < -0.4 is 5.73 Å². The van der Waals surface area contributed by atoms with Crippen LogP contribution in [0.5, 0.6) is 0 Å². The molecule has 0 atom stereocenters. The van der Waals surface area contributed by atoms with Crippen LogP contribution in [-0.4, -0.2) is 11.8 Å². The van der Waals surface area contributed by atoms with E-state index >= 15 is 0 Å². The van der Waals surface area contributed by atoms with Crippen LogP contribution in [-0.2, 0) is 9.59 Å². The normalized spacial score (nSPS) is 8.80. The monoisotopic (exact) mass is 144 g/mol. The summed E-state index contributed by atoms with van der Waals surface area (Å²) in [5.74, 6) is -1.21. The fourth-order valence-electron chi connectivity index (χ4n) is 0.459. The van der Waals surface area contributed by atoms with Gasteiger partial charge in [-0.15, -0.1) is 4.91 Å². The Labute approximate surface area is 57.6 Å². The zero-order valence-electron chi connectivity index (χ0n) is 5.37. The van der Waals surface area contributed by atoms with E-state index in [4.69, 9.17) is 5.73 Å². The first kappa shape index (κ1) is 8.74. The van der Waals surface area contributed by atoms with Crippen LogP contribution in [0.15, 0.2) is 5.18 Å². The number of hydrogen-bond donors (Lipinski definition) is 1. The SMILES string of the molecule is NC(=O)CCCC(=O)N=O. The molecule has 10 heavy (non-hydrogen) atoms. The highest BCUT2D eigenvalue weighted by Gasteiger charge is 2.01. The molecule has 0 aromatic rings. The summed E-state index contributed by atoms with van der Waals surface area (Å²) >= 11 is 0. The summed E-state index contributed by atoms with van der Waals surface area (Å²) < 4.78 is 0. The molecule has 2 N–H and O–H groups in total. The largest absolute Gasteiger partial charge is 0.370 e. The highest BCUT2D eigenvalue weighted by molar-refractivity contribution is 5.78. The van der Waals surface area contributed by atoms with E-state index in [1.54, 1.807) is 0 Å². The Balaban J connectivity index is 3.28. The summed E-state index contributed by atoms with van der Waals surface area (Å²) in [6, 6.07) is 0. The van der Waals surface area contributed by atoms with Gasteiger partial charge in [0.1, 0.15) is 0 Å². The zero-order valence-corrected chi connectivity index (χ0v) is 5.37. The second kappa shape index (κ2) is 4.60. The highest BCUT2D eigenvalue weighted by Crippen LogP contribution is 1.95. The molecule has 0 heterocycles. The van der Waals surface area contributed by atoms with Gasteiger partial charge in [0, 0.05) is 18.0 Å². The van der Waals surface area contributed by atoms with Crippen molar-refractivity contribution in [3.8, 4) is 0 Å². The van der Waals surface area contributed by atoms with Gasteiger partial charge in [-0.25, -0.2) is 0 Å². The number of nitroso groups, excluding NO2 is 1. The van der Waals surface area contributed by atoms with Gasteiger partial charge in [-0.1, -0.05) is 0 Å². The molecular formula is C5H8N2O3. The van der Waals surface area contributed by atoms with Crippen LogP contribution in [0.1, 0.15) is 19.3 Å². The predicted molar refractivity (Wildman–Crippen MR) is 33.8 cm³/mol. The Bertz CT molecular complexity index is 155. The molecule has 0 saturated heterocycles. The van der Waals surface area contributed by atoms with E-state index in [-0.39, 0.29) is 12.8 Å². The van der Waals surface area contributed by atoms with E-state index in [1.165, 1.54) is 0 Å². The quantitative estimate of drug-likeness (QED) is 0.560. The molecule has 2 amide bonds. The van der Waals surface area contributed by atoms with E-state index in [0.29, 0.717) is 6.42 Å². The van der Waals surface area contributed by atoms with Crippen LogP contribution >= 0.6 is 0 Å².